The molecule has 0 saturated carbocycles. The molecule has 0 radical (unpaired) electrons. The monoisotopic (exact) mass is 265 g/mol. The Labute approximate surface area is 117 Å². The average molecular weight is 265 g/mol. The summed E-state index contributed by atoms with van der Waals surface area (Å²) < 4.78 is 5.38. The normalized spacial score (nSPS) is 14.6. The highest BCUT2D eigenvalue weighted by Crippen LogP contribution is 2.04. The Morgan fingerprint density at radius 2 is 1.84 bits per heavy atom. The Morgan fingerprint density at radius 1 is 1.16 bits per heavy atom. The topological polar surface area (TPSA) is 41.5 Å². The number of hydrogen-bond acceptors (Lipinski definition) is 3. The maximum absolute atomic E-state index is 9.74. The van der Waals surface area contributed by atoms with Gasteiger partial charge in [0.05, 0.1) is 18.8 Å². The van der Waals surface area contributed by atoms with E-state index in [0.29, 0.717) is 19.2 Å². The van der Waals surface area contributed by atoms with Crippen molar-refractivity contribution in [2.24, 2.45) is 0 Å². The number of aliphatic hydroxyl groups is 1. The molecule has 19 heavy (non-hydrogen) atoms. The summed E-state index contributed by atoms with van der Waals surface area (Å²) in [7, 11) is 0. The first-order valence-electron chi connectivity index (χ1n) is 7.15. The third-order valence-electron chi connectivity index (χ3n) is 3.03. The van der Waals surface area contributed by atoms with Crippen LogP contribution in [-0.2, 0) is 11.2 Å². The van der Waals surface area contributed by atoms with Crippen molar-refractivity contribution in [1.29, 1.82) is 0 Å². The molecule has 2 unspecified atom stereocenters. The molecule has 108 valence electrons. The molecule has 0 aromatic heterocycles. The molecule has 0 saturated heterocycles. The second-order valence-corrected chi connectivity index (χ2v) is 5.37. The molecule has 0 heterocycles. The van der Waals surface area contributed by atoms with E-state index < -0.39 is 6.10 Å². The number of aliphatic hydroxyl groups excluding tert-OH is 1. The second-order valence-electron chi connectivity index (χ2n) is 5.37. The quantitative estimate of drug-likeness (QED) is 0.720. The van der Waals surface area contributed by atoms with Crippen LogP contribution in [0.5, 0.6) is 0 Å². The molecule has 0 aliphatic rings. The van der Waals surface area contributed by atoms with Gasteiger partial charge in [-0.25, -0.2) is 0 Å². The fraction of sp³-hybridized carbons (Fsp3) is 0.625. The predicted octanol–water partition coefficient (Wildman–Crippen LogP) is 2.38. The van der Waals surface area contributed by atoms with E-state index in [0.717, 1.165) is 12.8 Å². The van der Waals surface area contributed by atoms with Crippen molar-refractivity contribution in [2.45, 2.75) is 51.9 Å². The minimum atomic E-state index is -0.429. The lowest BCUT2D eigenvalue weighted by molar-refractivity contribution is 0.00556. The van der Waals surface area contributed by atoms with Crippen LogP contribution in [-0.4, -0.2) is 36.5 Å². The first-order chi connectivity index (χ1) is 9.08. The molecule has 3 heteroatoms. The molecule has 2 atom stereocenters. The van der Waals surface area contributed by atoms with E-state index in [1.807, 2.05) is 19.9 Å². The van der Waals surface area contributed by atoms with Crippen molar-refractivity contribution in [3.63, 3.8) is 0 Å². The van der Waals surface area contributed by atoms with E-state index in [4.69, 9.17) is 4.74 Å². The second kappa shape index (κ2) is 9.08. The summed E-state index contributed by atoms with van der Waals surface area (Å²) in [5.74, 6) is 0. The molecular weight excluding hydrogens is 238 g/mol. The predicted molar refractivity (Wildman–Crippen MR) is 79.3 cm³/mol. The first kappa shape index (κ1) is 16.2. The number of aryl methyl sites for hydroxylation is 1. The van der Waals surface area contributed by atoms with Gasteiger partial charge in [-0.1, -0.05) is 30.3 Å². The van der Waals surface area contributed by atoms with Gasteiger partial charge in [0, 0.05) is 12.6 Å². The van der Waals surface area contributed by atoms with Gasteiger partial charge < -0.3 is 15.2 Å². The summed E-state index contributed by atoms with van der Waals surface area (Å²) in [6.45, 7) is 7.09. The number of rotatable bonds is 9. The Hall–Kier alpha value is -0.900. The summed E-state index contributed by atoms with van der Waals surface area (Å²) >= 11 is 0. The molecule has 0 fully saturated rings. The Kier molecular flexibility index (Phi) is 7.72. The summed E-state index contributed by atoms with van der Waals surface area (Å²) in [6, 6.07) is 10.9. The minimum Gasteiger partial charge on any atom is -0.389 e. The molecule has 1 aromatic rings. The zero-order valence-corrected chi connectivity index (χ0v) is 12.3. The molecule has 0 spiro atoms. The maximum Gasteiger partial charge on any atom is 0.0897 e. The van der Waals surface area contributed by atoms with E-state index in [2.05, 4.69) is 36.5 Å². The number of benzene rings is 1. The Balaban J connectivity index is 2.12. The van der Waals surface area contributed by atoms with E-state index in [-0.39, 0.29) is 6.10 Å². The van der Waals surface area contributed by atoms with E-state index in [1.165, 1.54) is 5.56 Å². The lowest BCUT2D eigenvalue weighted by Gasteiger charge is -2.18. The fourth-order valence-corrected chi connectivity index (χ4v) is 1.83. The lowest BCUT2D eigenvalue weighted by atomic mass is 10.1. The van der Waals surface area contributed by atoms with Gasteiger partial charge in [0.15, 0.2) is 0 Å². The minimum absolute atomic E-state index is 0.171. The van der Waals surface area contributed by atoms with E-state index in [9.17, 15) is 5.11 Å². The molecule has 1 rings (SSSR count). The molecule has 0 amide bonds. The van der Waals surface area contributed by atoms with Crippen LogP contribution in [0.1, 0.15) is 32.8 Å². The largest absolute Gasteiger partial charge is 0.389 e. The van der Waals surface area contributed by atoms with Crippen molar-refractivity contribution in [1.82, 2.24) is 5.32 Å². The highest BCUT2D eigenvalue weighted by atomic mass is 16.5. The molecule has 0 aliphatic heterocycles. The third-order valence-corrected chi connectivity index (χ3v) is 3.03. The van der Waals surface area contributed by atoms with Gasteiger partial charge in [0.1, 0.15) is 0 Å². The van der Waals surface area contributed by atoms with Crippen LogP contribution in [0.2, 0.25) is 0 Å². The third kappa shape index (κ3) is 7.98. The fourth-order valence-electron chi connectivity index (χ4n) is 1.83. The van der Waals surface area contributed by atoms with Gasteiger partial charge >= 0.3 is 0 Å². The van der Waals surface area contributed by atoms with Crippen LogP contribution in [0.3, 0.4) is 0 Å². The first-order valence-corrected chi connectivity index (χ1v) is 7.15. The summed E-state index contributed by atoms with van der Waals surface area (Å²) in [5, 5.41) is 13.1. The van der Waals surface area contributed by atoms with Crippen molar-refractivity contribution < 1.29 is 9.84 Å². The van der Waals surface area contributed by atoms with Crippen LogP contribution in [0, 0.1) is 0 Å². The summed E-state index contributed by atoms with van der Waals surface area (Å²) in [5.41, 5.74) is 1.36. The summed E-state index contributed by atoms with van der Waals surface area (Å²) in [4.78, 5) is 0. The maximum atomic E-state index is 9.74. The SMILES string of the molecule is CC(CCc1ccccc1)NCC(O)COC(C)C. The van der Waals surface area contributed by atoms with Crippen molar-refractivity contribution >= 4 is 0 Å². The van der Waals surface area contributed by atoms with Gasteiger partial charge in [-0.15, -0.1) is 0 Å². The Bertz CT molecular complexity index is 327. The highest BCUT2D eigenvalue weighted by Gasteiger charge is 2.08. The number of nitrogens with one attached hydrogen (secondary N) is 1. The molecule has 2 N–H and O–H groups in total. The van der Waals surface area contributed by atoms with Gasteiger partial charge in [0.2, 0.25) is 0 Å². The average Bonchev–Trinajstić information content (AvgIpc) is 2.41. The smallest absolute Gasteiger partial charge is 0.0897 e. The van der Waals surface area contributed by atoms with Crippen molar-refractivity contribution in [2.75, 3.05) is 13.2 Å². The Morgan fingerprint density at radius 3 is 2.47 bits per heavy atom. The van der Waals surface area contributed by atoms with Crippen LogP contribution < -0.4 is 5.32 Å². The van der Waals surface area contributed by atoms with Gasteiger partial charge in [-0.2, -0.15) is 0 Å². The number of ether oxygens (including phenoxy) is 1. The highest BCUT2D eigenvalue weighted by molar-refractivity contribution is 5.14. The molecule has 3 nitrogen and oxygen atoms in total. The van der Waals surface area contributed by atoms with Crippen molar-refractivity contribution in [3.05, 3.63) is 35.9 Å². The molecular formula is C16H27NO2. The summed E-state index contributed by atoms with van der Waals surface area (Å²) in [6.07, 6.45) is 1.88. The van der Waals surface area contributed by atoms with Crippen LogP contribution in [0.15, 0.2) is 30.3 Å². The van der Waals surface area contributed by atoms with Gasteiger partial charge in [-0.05, 0) is 39.2 Å². The van der Waals surface area contributed by atoms with Gasteiger partial charge in [-0.3, -0.25) is 0 Å². The van der Waals surface area contributed by atoms with E-state index >= 15 is 0 Å². The zero-order chi connectivity index (χ0) is 14.1. The zero-order valence-electron chi connectivity index (χ0n) is 12.3. The van der Waals surface area contributed by atoms with Crippen LogP contribution in [0.4, 0.5) is 0 Å². The van der Waals surface area contributed by atoms with Crippen LogP contribution >= 0.6 is 0 Å². The standard InChI is InChI=1S/C16H27NO2/c1-13(2)19-12-16(18)11-17-14(3)9-10-15-7-5-4-6-8-15/h4-8,13-14,16-18H,9-12H2,1-3H3. The molecule has 0 bridgehead atoms. The van der Waals surface area contributed by atoms with Crippen molar-refractivity contribution in [3.8, 4) is 0 Å². The van der Waals surface area contributed by atoms with Crippen LogP contribution in [0.25, 0.3) is 0 Å². The van der Waals surface area contributed by atoms with E-state index in [1.54, 1.807) is 0 Å². The molecule has 0 aliphatic carbocycles. The van der Waals surface area contributed by atoms with Gasteiger partial charge in [0.25, 0.3) is 0 Å². The number of hydrogen-bond donors (Lipinski definition) is 2. The lowest BCUT2D eigenvalue weighted by Crippen LogP contribution is -2.36. The molecule has 1 aromatic carbocycles.